The molecule has 0 radical (unpaired) electrons. The van der Waals surface area contributed by atoms with Crippen LogP contribution in [0.1, 0.15) is 82.7 Å². The Balaban J connectivity index is 1.74. The molecule has 0 aromatic heterocycles. The molecule has 5 rings (SSSR count). The topological polar surface area (TPSA) is 3.24 Å². The maximum Gasteiger partial charge on any atom is 0.0468 e. The summed E-state index contributed by atoms with van der Waals surface area (Å²) >= 11 is 0. The van der Waals surface area contributed by atoms with Crippen molar-refractivity contribution in [1.82, 2.24) is 0 Å². The Labute approximate surface area is 229 Å². The molecule has 1 nitrogen and oxygen atoms in total. The first-order chi connectivity index (χ1) is 18.0. The maximum atomic E-state index is 2.45. The van der Waals surface area contributed by atoms with Crippen molar-refractivity contribution < 1.29 is 0 Å². The molecule has 1 aliphatic carbocycles. The fourth-order valence-corrected chi connectivity index (χ4v) is 5.29. The molecule has 0 amide bonds. The van der Waals surface area contributed by atoms with Crippen LogP contribution in [-0.4, -0.2) is 0 Å². The van der Waals surface area contributed by atoms with Gasteiger partial charge in [-0.05, 0) is 112 Å². The molecule has 4 aromatic rings. The number of allylic oxidation sites excluding steroid dienone is 2. The van der Waals surface area contributed by atoms with Crippen LogP contribution < -0.4 is 4.90 Å². The van der Waals surface area contributed by atoms with E-state index in [1.165, 1.54) is 55.7 Å². The molecule has 0 bridgehead atoms. The van der Waals surface area contributed by atoms with E-state index < -0.39 is 0 Å². The number of fused-ring (bicyclic) bond motifs is 2. The summed E-state index contributed by atoms with van der Waals surface area (Å²) in [7, 11) is 0. The van der Waals surface area contributed by atoms with Crippen LogP contribution >= 0.6 is 0 Å². The fourth-order valence-electron chi connectivity index (χ4n) is 5.29. The second-order valence-corrected chi connectivity index (χ2v) is 12.7. The standard InChI is InChI=1S/C37H41N/c1-8-11-26-14-15-30-22-34(19-17-29(30)20-26)38(33-18-16-27-12-9-10-13-28(27)21-33)35-24-31(36(2,3)4)23-32(25-35)37(5,6)7/h8,10-11,13-25H,9,12H2,1-7H3. The number of aryl methyl sites for hydroxylation is 1. The molecule has 0 saturated carbocycles. The minimum absolute atomic E-state index is 0.0485. The largest absolute Gasteiger partial charge is 0.310 e. The van der Waals surface area contributed by atoms with Crippen molar-refractivity contribution in [2.75, 3.05) is 4.90 Å². The van der Waals surface area contributed by atoms with Crippen LogP contribution in [0.15, 0.2) is 84.9 Å². The van der Waals surface area contributed by atoms with Crippen molar-refractivity contribution in [2.24, 2.45) is 0 Å². The molecule has 0 spiro atoms. The molecule has 0 unspecified atom stereocenters. The summed E-state index contributed by atoms with van der Waals surface area (Å²) in [5.74, 6) is 0. The molecule has 0 atom stereocenters. The zero-order valence-electron chi connectivity index (χ0n) is 24.1. The lowest BCUT2D eigenvalue weighted by Gasteiger charge is -2.32. The van der Waals surface area contributed by atoms with Crippen LogP contribution in [0.3, 0.4) is 0 Å². The van der Waals surface area contributed by atoms with Gasteiger partial charge in [-0.15, -0.1) is 0 Å². The molecule has 0 aliphatic heterocycles. The summed E-state index contributed by atoms with van der Waals surface area (Å²) in [6.07, 6.45) is 11.1. The van der Waals surface area contributed by atoms with Crippen molar-refractivity contribution in [1.29, 1.82) is 0 Å². The zero-order chi connectivity index (χ0) is 27.1. The van der Waals surface area contributed by atoms with Gasteiger partial charge >= 0.3 is 0 Å². The third-order valence-corrected chi connectivity index (χ3v) is 7.64. The third-order valence-electron chi connectivity index (χ3n) is 7.64. The third kappa shape index (κ3) is 5.34. The molecule has 4 aromatic carbocycles. The lowest BCUT2D eigenvalue weighted by Crippen LogP contribution is -2.19. The first-order valence-corrected chi connectivity index (χ1v) is 14.0. The Morgan fingerprint density at radius 1 is 0.658 bits per heavy atom. The number of nitrogens with zero attached hydrogens (tertiary/aromatic N) is 1. The summed E-state index contributed by atoms with van der Waals surface area (Å²) in [5.41, 5.74) is 10.4. The Hall–Kier alpha value is -3.58. The number of hydrogen-bond acceptors (Lipinski definition) is 1. The minimum Gasteiger partial charge on any atom is -0.310 e. The second kappa shape index (κ2) is 9.95. The van der Waals surface area contributed by atoms with E-state index in [-0.39, 0.29) is 10.8 Å². The van der Waals surface area contributed by atoms with Gasteiger partial charge in [0.05, 0.1) is 0 Å². The molecule has 0 N–H and O–H groups in total. The van der Waals surface area contributed by atoms with Gasteiger partial charge in [-0.3, -0.25) is 0 Å². The van der Waals surface area contributed by atoms with Gasteiger partial charge in [-0.25, -0.2) is 0 Å². The fraction of sp³-hybridized carbons (Fsp3) is 0.297. The number of benzene rings is 4. The van der Waals surface area contributed by atoms with Gasteiger partial charge in [0.15, 0.2) is 0 Å². The molecule has 0 saturated heterocycles. The van der Waals surface area contributed by atoms with Crippen LogP contribution in [0.25, 0.3) is 22.9 Å². The monoisotopic (exact) mass is 499 g/mol. The average Bonchev–Trinajstić information content (AvgIpc) is 2.88. The molecule has 194 valence electrons. The van der Waals surface area contributed by atoms with Crippen LogP contribution in [0.4, 0.5) is 17.1 Å². The Morgan fingerprint density at radius 2 is 1.29 bits per heavy atom. The molecule has 0 fully saturated rings. The van der Waals surface area contributed by atoms with Crippen molar-refractivity contribution in [2.45, 2.75) is 72.1 Å². The number of hydrogen-bond donors (Lipinski definition) is 0. The van der Waals surface area contributed by atoms with E-state index in [1.807, 2.05) is 0 Å². The average molecular weight is 500 g/mol. The van der Waals surface area contributed by atoms with E-state index in [9.17, 15) is 0 Å². The highest BCUT2D eigenvalue weighted by Crippen LogP contribution is 2.41. The Bertz CT molecular complexity index is 1500. The summed E-state index contributed by atoms with van der Waals surface area (Å²) in [6, 6.07) is 27.8. The highest BCUT2D eigenvalue weighted by atomic mass is 15.1. The van der Waals surface area contributed by atoms with E-state index in [4.69, 9.17) is 0 Å². The van der Waals surface area contributed by atoms with Gasteiger partial charge in [-0.2, -0.15) is 0 Å². The van der Waals surface area contributed by atoms with E-state index >= 15 is 0 Å². The molecular formula is C37H41N. The normalized spacial score (nSPS) is 13.8. The molecule has 38 heavy (non-hydrogen) atoms. The van der Waals surface area contributed by atoms with E-state index in [1.54, 1.807) is 0 Å². The van der Waals surface area contributed by atoms with Gasteiger partial charge in [-0.1, -0.05) is 96.2 Å². The first kappa shape index (κ1) is 26.0. The SMILES string of the molecule is CC=Cc1ccc2cc(N(c3cc(C(C)(C)C)cc(C(C)(C)C)c3)c3ccc4c(c3)C=CCC4)ccc2c1. The number of rotatable bonds is 4. The highest BCUT2D eigenvalue weighted by molar-refractivity contribution is 5.91. The second-order valence-electron chi connectivity index (χ2n) is 12.7. The summed E-state index contributed by atoms with van der Waals surface area (Å²) < 4.78 is 0. The Kier molecular flexibility index (Phi) is 6.82. The van der Waals surface area contributed by atoms with Gasteiger partial charge < -0.3 is 4.90 Å². The molecule has 1 heteroatoms. The van der Waals surface area contributed by atoms with E-state index in [0.29, 0.717) is 0 Å². The van der Waals surface area contributed by atoms with Gasteiger partial charge in [0.1, 0.15) is 0 Å². The van der Waals surface area contributed by atoms with Gasteiger partial charge in [0, 0.05) is 17.1 Å². The predicted octanol–water partition coefficient (Wildman–Crippen LogP) is 10.9. The molecule has 1 aliphatic rings. The highest BCUT2D eigenvalue weighted by Gasteiger charge is 2.24. The smallest absolute Gasteiger partial charge is 0.0468 e. The molecule has 0 heterocycles. The van der Waals surface area contributed by atoms with Crippen LogP contribution in [-0.2, 0) is 17.3 Å². The van der Waals surface area contributed by atoms with Crippen LogP contribution in [0.5, 0.6) is 0 Å². The minimum atomic E-state index is 0.0485. The lowest BCUT2D eigenvalue weighted by molar-refractivity contribution is 0.569. The number of anilines is 3. The Morgan fingerprint density at radius 3 is 1.97 bits per heavy atom. The summed E-state index contributed by atoms with van der Waals surface area (Å²) in [4.78, 5) is 2.45. The molecular weight excluding hydrogens is 458 g/mol. The van der Waals surface area contributed by atoms with Crippen molar-refractivity contribution >= 4 is 40.0 Å². The van der Waals surface area contributed by atoms with Crippen molar-refractivity contribution in [3.63, 3.8) is 0 Å². The van der Waals surface area contributed by atoms with Crippen LogP contribution in [0, 0.1) is 0 Å². The van der Waals surface area contributed by atoms with E-state index in [0.717, 1.165) is 12.8 Å². The predicted molar refractivity (Wildman–Crippen MR) is 168 cm³/mol. The van der Waals surface area contributed by atoms with Crippen LogP contribution in [0.2, 0.25) is 0 Å². The van der Waals surface area contributed by atoms with Gasteiger partial charge in [0.25, 0.3) is 0 Å². The first-order valence-electron chi connectivity index (χ1n) is 14.0. The van der Waals surface area contributed by atoms with E-state index in [2.05, 4.69) is 150 Å². The van der Waals surface area contributed by atoms with Crippen molar-refractivity contribution in [3.05, 3.63) is 113 Å². The summed E-state index contributed by atoms with van der Waals surface area (Å²) in [6.45, 7) is 15.9. The lowest BCUT2D eigenvalue weighted by atomic mass is 9.80. The quantitative estimate of drug-likeness (QED) is 0.270. The summed E-state index contributed by atoms with van der Waals surface area (Å²) in [5, 5.41) is 2.51. The van der Waals surface area contributed by atoms with Crippen molar-refractivity contribution in [3.8, 4) is 0 Å². The maximum absolute atomic E-state index is 2.45. The zero-order valence-corrected chi connectivity index (χ0v) is 24.1. The van der Waals surface area contributed by atoms with Gasteiger partial charge in [0.2, 0.25) is 0 Å².